The standard InChI is InChI=1S/C41H23Br4N2/c42-28-16-8-24(9-17-28)36-32-4-3-5-33-37(25-10-18-29(43)19-11-25)40(27-14-22-31(45)23-15-27)47-35-7-2-1-6-34(35)46(41(47)38(32)33)39(36)26-12-20-30(44)21-13-26/h1-23H/q+1. The molecule has 0 fully saturated rings. The number of nitrogens with zero attached hydrogens (tertiary/aromatic N) is 2. The Balaban J connectivity index is 1.61. The lowest BCUT2D eigenvalue weighted by Gasteiger charge is -2.19. The van der Waals surface area contributed by atoms with Gasteiger partial charge in [-0.05, 0) is 96.1 Å². The fraction of sp³-hybridized carbons (Fsp3) is 0. The maximum absolute atomic E-state index is 3.68. The van der Waals surface area contributed by atoms with Gasteiger partial charge in [0.25, 0.3) is 0 Å². The fourth-order valence-electron chi connectivity index (χ4n) is 7.12. The molecule has 0 unspecified atom stereocenters. The maximum atomic E-state index is 3.68. The molecule has 3 heterocycles. The van der Waals surface area contributed by atoms with E-state index in [0.717, 1.165) is 57.1 Å². The van der Waals surface area contributed by atoms with Crippen LogP contribution >= 0.6 is 63.7 Å². The lowest BCUT2D eigenvalue weighted by Crippen LogP contribution is -2.26. The van der Waals surface area contributed by atoms with Crippen molar-refractivity contribution in [3.63, 3.8) is 0 Å². The van der Waals surface area contributed by atoms with Crippen LogP contribution in [0.1, 0.15) is 0 Å². The minimum atomic E-state index is 1.05. The summed E-state index contributed by atoms with van der Waals surface area (Å²) in [6, 6.07) is 50.5. The molecule has 0 aliphatic carbocycles. The van der Waals surface area contributed by atoms with Crippen molar-refractivity contribution in [2.45, 2.75) is 0 Å². The highest BCUT2D eigenvalue weighted by Gasteiger charge is 2.34. The molecular weight excluding hydrogens is 840 g/mol. The van der Waals surface area contributed by atoms with Gasteiger partial charge in [0.15, 0.2) is 11.0 Å². The van der Waals surface area contributed by atoms with Crippen LogP contribution in [0.3, 0.4) is 0 Å². The lowest BCUT2D eigenvalue weighted by atomic mass is 9.88. The predicted octanol–water partition coefficient (Wildman–Crippen LogP) is 13.1. The van der Waals surface area contributed by atoms with Crippen molar-refractivity contribution in [3.8, 4) is 44.8 Å². The second-order valence-electron chi connectivity index (χ2n) is 11.7. The molecule has 9 aromatic rings. The minimum absolute atomic E-state index is 1.05. The Hall–Kier alpha value is -3.81. The first-order valence-corrected chi connectivity index (χ1v) is 18.4. The molecule has 224 valence electrons. The van der Waals surface area contributed by atoms with Crippen molar-refractivity contribution in [2.24, 2.45) is 0 Å². The first-order chi connectivity index (χ1) is 23.0. The number of hydrogen-bond donors (Lipinski definition) is 0. The third-order valence-corrected chi connectivity index (χ3v) is 11.2. The van der Waals surface area contributed by atoms with Crippen LogP contribution in [0.2, 0.25) is 0 Å². The van der Waals surface area contributed by atoms with Crippen LogP contribution in [0.5, 0.6) is 0 Å². The molecule has 0 spiro atoms. The van der Waals surface area contributed by atoms with E-state index < -0.39 is 0 Å². The quantitative estimate of drug-likeness (QED) is 0.156. The Labute approximate surface area is 305 Å². The largest absolute Gasteiger partial charge is 0.301 e. The van der Waals surface area contributed by atoms with Crippen LogP contribution in [-0.2, 0) is 0 Å². The van der Waals surface area contributed by atoms with Crippen LogP contribution in [0.4, 0.5) is 0 Å². The summed E-state index contributed by atoms with van der Waals surface area (Å²) in [5, 5.41) is 3.67. The molecule has 0 N–H and O–H groups in total. The van der Waals surface area contributed by atoms with E-state index >= 15 is 0 Å². The Morgan fingerprint density at radius 3 is 1.47 bits per heavy atom. The van der Waals surface area contributed by atoms with Crippen LogP contribution in [0.15, 0.2) is 157 Å². The molecule has 9 rings (SSSR count). The number of halogens is 4. The zero-order valence-corrected chi connectivity index (χ0v) is 31.0. The summed E-state index contributed by atoms with van der Waals surface area (Å²) in [7, 11) is 0. The molecule has 6 aromatic carbocycles. The molecule has 3 aromatic heterocycles. The van der Waals surface area contributed by atoms with E-state index in [4.69, 9.17) is 0 Å². The first-order valence-electron chi connectivity index (χ1n) is 15.2. The molecule has 0 radical (unpaired) electrons. The number of para-hydroxylation sites is 2. The van der Waals surface area contributed by atoms with E-state index in [1.54, 1.807) is 0 Å². The van der Waals surface area contributed by atoms with Gasteiger partial charge in [-0.15, -0.1) is 0 Å². The SMILES string of the molecule is Brc1ccc(-c2c(-c3ccc(Br)cc3)n3c4ccccc4[n+]4c(-c5ccc(Br)cc5)c(-c5ccc(Br)cc5)c5cccc2c5c34)cc1. The molecule has 0 aliphatic heterocycles. The summed E-state index contributed by atoms with van der Waals surface area (Å²) in [5.74, 6) is 0. The topological polar surface area (TPSA) is 8.51 Å². The van der Waals surface area contributed by atoms with E-state index in [1.165, 1.54) is 38.4 Å². The summed E-state index contributed by atoms with van der Waals surface area (Å²) in [6.45, 7) is 0. The summed E-state index contributed by atoms with van der Waals surface area (Å²) >= 11 is 14.7. The smallest absolute Gasteiger partial charge is 0.186 e. The molecular formula is C41H23Br4N2+. The Kier molecular flexibility index (Phi) is 7.13. The molecule has 0 saturated carbocycles. The third kappa shape index (κ3) is 4.64. The van der Waals surface area contributed by atoms with Gasteiger partial charge < -0.3 is 0 Å². The zero-order chi connectivity index (χ0) is 31.8. The second-order valence-corrected chi connectivity index (χ2v) is 15.3. The molecule has 0 amide bonds. The third-order valence-electron chi connectivity index (χ3n) is 9.04. The van der Waals surface area contributed by atoms with Crippen LogP contribution < -0.4 is 4.40 Å². The van der Waals surface area contributed by atoms with Crippen molar-refractivity contribution in [1.29, 1.82) is 0 Å². The molecule has 0 bridgehead atoms. The molecule has 0 atom stereocenters. The van der Waals surface area contributed by atoms with Gasteiger partial charge in [0, 0.05) is 50.9 Å². The van der Waals surface area contributed by atoms with Gasteiger partial charge in [-0.2, -0.15) is 8.80 Å². The summed E-state index contributed by atoms with van der Waals surface area (Å²) in [5.41, 5.74) is 12.9. The number of fused-ring (bicyclic) bond motifs is 3. The number of rotatable bonds is 4. The number of imidazole rings is 1. The number of benzene rings is 6. The van der Waals surface area contributed by atoms with Gasteiger partial charge >= 0.3 is 5.65 Å². The number of pyridine rings is 2. The van der Waals surface area contributed by atoms with Crippen molar-refractivity contribution < 1.29 is 4.40 Å². The minimum Gasteiger partial charge on any atom is -0.186 e. The highest BCUT2D eigenvalue weighted by Crippen LogP contribution is 2.47. The van der Waals surface area contributed by atoms with Gasteiger partial charge in [0.05, 0.1) is 5.39 Å². The normalized spacial score (nSPS) is 11.8. The van der Waals surface area contributed by atoms with Crippen molar-refractivity contribution in [2.75, 3.05) is 0 Å². The first kappa shape index (κ1) is 29.3. The summed E-state index contributed by atoms with van der Waals surface area (Å²) in [6.07, 6.45) is 0. The summed E-state index contributed by atoms with van der Waals surface area (Å²) < 4.78 is 9.22. The molecule has 0 aliphatic rings. The van der Waals surface area contributed by atoms with Gasteiger partial charge in [0.1, 0.15) is 11.4 Å². The van der Waals surface area contributed by atoms with E-state index in [-0.39, 0.29) is 0 Å². The maximum Gasteiger partial charge on any atom is 0.301 e. The Bertz CT molecular complexity index is 2440. The molecule has 6 heteroatoms. The lowest BCUT2D eigenvalue weighted by molar-refractivity contribution is -0.466. The van der Waals surface area contributed by atoms with Gasteiger partial charge in [0.2, 0.25) is 0 Å². The van der Waals surface area contributed by atoms with Gasteiger partial charge in [-0.3, -0.25) is 0 Å². The van der Waals surface area contributed by atoms with E-state index in [9.17, 15) is 0 Å². The van der Waals surface area contributed by atoms with Crippen molar-refractivity contribution >= 4 is 96.6 Å². The fourth-order valence-corrected chi connectivity index (χ4v) is 8.17. The van der Waals surface area contributed by atoms with E-state index in [2.05, 4.69) is 212 Å². The monoisotopic (exact) mass is 859 g/mol. The van der Waals surface area contributed by atoms with E-state index in [1.807, 2.05) is 0 Å². The highest BCUT2D eigenvalue weighted by atomic mass is 79.9. The average molecular weight is 863 g/mol. The highest BCUT2D eigenvalue weighted by molar-refractivity contribution is 9.11. The molecule has 0 saturated heterocycles. The van der Waals surface area contributed by atoms with Crippen LogP contribution in [0.25, 0.3) is 77.6 Å². The van der Waals surface area contributed by atoms with Gasteiger partial charge in [-0.1, -0.05) is 118 Å². The average Bonchev–Trinajstić information content (AvgIpc) is 3.44. The Morgan fingerprint density at radius 1 is 0.426 bits per heavy atom. The summed E-state index contributed by atoms with van der Waals surface area (Å²) in [4.78, 5) is 0. The van der Waals surface area contributed by atoms with Gasteiger partial charge in [-0.25, -0.2) is 0 Å². The van der Waals surface area contributed by atoms with Crippen LogP contribution in [0, 0.1) is 0 Å². The molecule has 47 heavy (non-hydrogen) atoms. The number of hydrogen-bond acceptors (Lipinski definition) is 0. The van der Waals surface area contributed by atoms with Crippen LogP contribution in [-0.4, -0.2) is 4.40 Å². The number of aromatic nitrogens is 2. The van der Waals surface area contributed by atoms with E-state index in [0.29, 0.717) is 0 Å². The van der Waals surface area contributed by atoms with Crippen molar-refractivity contribution in [1.82, 2.24) is 4.40 Å². The second kappa shape index (κ2) is 11.4. The Morgan fingerprint density at radius 2 is 0.894 bits per heavy atom. The van der Waals surface area contributed by atoms with Crippen molar-refractivity contribution in [3.05, 3.63) is 157 Å². The predicted molar refractivity (Wildman–Crippen MR) is 209 cm³/mol. The molecule has 2 nitrogen and oxygen atoms in total. The zero-order valence-electron chi connectivity index (χ0n) is 24.7.